The Morgan fingerprint density at radius 3 is 2.47 bits per heavy atom. The van der Waals surface area contributed by atoms with Crippen LogP contribution in [-0.2, 0) is 15.0 Å². The SMILES string of the molecule is CCCNC(=O)CN1C(=O)CS[C@@H](c2cccc(C)c2)c2c(C(C)(C)C)nn(-c3ccc(C)cc3)c21. The highest BCUT2D eigenvalue weighted by Crippen LogP contribution is 2.48. The van der Waals surface area contributed by atoms with Gasteiger partial charge in [-0.1, -0.05) is 75.2 Å². The summed E-state index contributed by atoms with van der Waals surface area (Å²) in [6, 6.07) is 16.6. The van der Waals surface area contributed by atoms with Crippen LogP contribution < -0.4 is 10.2 Å². The van der Waals surface area contributed by atoms with E-state index in [1.54, 1.807) is 16.7 Å². The molecule has 0 unspecified atom stereocenters. The first-order valence-corrected chi connectivity index (χ1v) is 13.6. The fraction of sp³-hybridized carbons (Fsp3) is 0.414. The molecule has 1 aliphatic rings. The Morgan fingerprint density at radius 1 is 1.11 bits per heavy atom. The number of nitrogens with one attached hydrogen (secondary N) is 1. The van der Waals surface area contributed by atoms with Crippen LogP contribution in [0.15, 0.2) is 48.5 Å². The molecule has 0 bridgehead atoms. The van der Waals surface area contributed by atoms with Crippen molar-refractivity contribution in [3.63, 3.8) is 0 Å². The molecule has 1 aliphatic heterocycles. The zero-order valence-electron chi connectivity index (χ0n) is 22.1. The quantitative estimate of drug-likeness (QED) is 0.483. The van der Waals surface area contributed by atoms with Gasteiger partial charge in [0.1, 0.15) is 12.4 Å². The van der Waals surface area contributed by atoms with E-state index in [1.165, 1.54) is 5.56 Å². The van der Waals surface area contributed by atoms with E-state index in [0.29, 0.717) is 12.4 Å². The summed E-state index contributed by atoms with van der Waals surface area (Å²) >= 11 is 1.61. The van der Waals surface area contributed by atoms with E-state index in [1.807, 2.05) is 42.8 Å². The Balaban J connectivity index is 1.99. The van der Waals surface area contributed by atoms with Crippen molar-refractivity contribution in [1.82, 2.24) is 15.1 Å². The molecule has 2 aromatic carbocycles. The average molecular weight is 505 g/mol. The zero-order chi connectivity index (χ0) is 26.0. The third-order valence-electron chi connectivity index (χ3n) is 6.30. The molecule has 190 valence electrons. The van der Waals surface area contributed by atoms with Gasteiger partial charge in [-0.3, -0.25) is 14.5 Å². The second kappa shape index (κ2) is 10.5. The van der Waals surface area contributed by atoms with E-state index in [9.17, 15) is 9.59 Å². The minimum atomic E-state index is -0.272. The van der Waals surface area contributed by atoms with Crippen molar-refractivity contribution in [3.8, 4) is 5.69 Å². The molecule has 2 heterocycles. The van der Waals surface area contributed by atoms with Gasteiger partial charge >= 0.3 is 0 Å². The number of rotatable bonds is 6. The van der Waals surface area contributed by atoms with Crippen LogP contribution in [0.4, 0.5) is 5.82 Å². The Labute approximate surface area is 218 Å². The summed E-state index contributed by atoms with van der Waals surface area (Å²) < 4.78 is 1.87. The van der Waals surface area contributed by atoms with Crippen molar-refractivity contribution < 1.29 is 9.59 Å². The van der Waals surface area contributed by atoms with Gasteiger partial charge in [-0.15, -0.1) is 11.8 Å². The highest BCUT2D eigenvalue weighted by atomic mass is 32.2. The molecule has 6 nitrogen and oxygen atoms in total. The third kappa shape index (κ3) is 5.36. The lowest BCUT2D eigenvalue weighted by Gasteiger charge is -2.24. The number of fused-ring (bicyclic) bond motifs is 1. The van der Waals surface area contributed by atoms with Gasteiger partial charge in [-0.25, -0.2) is 4.68 Å². The fourth-order valence-electron chi connectivity index (χ4n) is 4.50. The number of hydrogen-bond donors (Lipinski definition) is 1. The van der Waals surface area contributed by atoms with Crippen LogP contribution in [0.1, 0.15) is 67.3 Å². The number of benzene rings is 2. The average Bonchev–Trinajstić information content (AvgIpc) is 3.16. The first-order valence-electron chi connectivity index (χ1n) is 12.6. The first-order chi connectivity index (χ1) is 17.1. The molecular weight excluding hydrogens is 468 g/mol. The molecule has 0 spiro atoms. The number of hydrogen-bond acceptors (Lipinski definition) is 4. The largest absolute Gasteiger partial charge is 0.355 e. The number of carbonyl (C=O) groups excluding carboxylic acids is 2. The maximum Gasteiger partial charge on any atom is 0.240 e. The van der Waals surface area contributed by atoms with Gasteiger partial charge < -0.3 is 5.32 Å². The first kappa shape index (κ1) is 26.0. The molecular formula is C29H36N4O2S. The highest BCUT2D eigenvalue weighted by Gasteiger charge is 2.39. The summed E-state index contributed by atoms with van der Waals surface area (Å²) in [5, 5.41) is 7.99. The van der Waals surface area contributed by atoms with E-state index in [0.717, 1.165) is 34.5 Å². The van der Waals surface area contributed by atoms with Crippen LogP contribution in [0.25, 0.3) is 5.69 Å². The zero-order valence-corrected chi connectivity index (χ0v) is 22.9. The van der Waals surface area contributed by atoms with E-state index < -0.39 is 0 Å². The van der Waals surface area contributed by atoms with Gasteiger partial charge in [0.2, 0.25) is 11.8 Å². The molecule has 2 amide bonds. The molecule has 4 rings (SSSR count). The van der Waals surface area contributed by atoms with Crippen molar-refractivity contribution in [3.05, 3.63) is 76.5 Å². The normalized spacial score (nSPS) is 16.0. The summed E-state index contributed by atoms with van der Waals surface area (Å²) in [5.74, 6) is 0.726. The van der Waals surface area contributed by atoms with E-state index in [4.69, 9.17) is 5.10 Å². The number of aromatic nitrogens is 2. The molecule has 0 saturated heterocycles. The van der Waals surface area contributed by atoms with Crippen molar-refractivity contribution in [2.75, 3.05) is 23.7 Å². The number of anilines is 1. The minimum Gasteiger partial charge on any atom is -0.355 e. The predicted octanol–water partition coefficient (Wildman–Crippen LogP) is 5.48. The van der Waals surface area contributed by atoms with Gasteiger partial charge in [0, 0.05) is 17.5 Å². The van der Waals surface area contributed by atoms with Crippen molar-refractivity contribution in [1.29, 1.82) is 0 Å². The van der Waals surface area contributed by atoms with Gasteiger partial charge in [-0.2, -0.15) is 5.10 Å². The lowest BCUT2D eigenvalue weighted by molar-refractivity contribution is -0.122. The van der Waals surface area contributed by atoms with Crippen LogP contribution >= 0.6 is 11.8 Å². The summed E-state index contributed by atoms with van der Waals surface area (Å²) in [4.78, 5) is 28.1. The van der Waals surface area contributed by atoms with Gasteiger partial charge in [0.25, 0.3) is 0 Å². The summed E-state index contributed by atoms with van der Waals surface area (Å²) in [6.07, 6.45) is 0.839. The maximum absolute atomic E-state index is 13.6. The lowest BCUT2D eigenvalue weighted by Crippen LogP contribution is -2.42. The molecule has 36 heavy (non-hydrogen) atoms. The monoisotopic (exact) mass is 504 g/mol. The van der Waals surface area contributed by atoms with Crippen LogP contribution in [-0.4, -0.2) is 40.4 Å². The molecule has 0 saturated carbocycles. The lowest BCUT2D eigenvalue weighted by atomic mass is 9.87. The number of carbonyl (C=O) groups is 2. The van der Waals surface area contributed by atoms with E-state index in [-0.39, 0.29) is 34.8 Å². The van der Waals surface area contributed by atoms with E-state index >= 15 is 0 Å². The van der Waals surface area contributed by atoms with Crippen LogP contribution in [0, 0.1) is 13.8 Å². The molecule has 0 radical (unpaired) electrons. The predicted molar refractivity (Wildman–Crippen MR) is 148 cm³/mol. The van der Waals surface area contributed by atoms with Crippen LogP contribution in [0.2, 0.25) is 0 Å². The van der Waals surface area contributed by atoms with Crippen LogP contribution in [0.3, 0.4) is 0 Å². The summed E-state index contributed by atoms with van der Waals surface area (Å²) in [6.45, 7) is 13.1. The van der Waals surface area contributed by atoms with E-state index in [2.05, 4.69) is 57.3 Å². The summed E-state index contributed by atoms with van der Waals surface area (Å²) in [5.41, 5.74) is 6.00. The molecule has 1 aromatic heterocycles. The molecule has 3 aromatic rings. The number of thioether (sulfide) groups is 1. The summed E-state index contributed by atoms with van der Waals surface area (Å²) in [7, 11) is 0. The number of aryl methyl sites for hydroxylation is 2. The second-order valence-corrected chi connectivity index (χ2v) is 11.6. The maximum atomic E-state index is 13.6. The van der Waals surface area contributed by atoms with Crippen molar-refractivity contribution in [2.45, 2.75) is 58.6 Å². The topological polar surface area (TPSA) is 67.2 Å². The van der Waals surface area contributed by atoms with Gasteiger partial charge in [0.05, 0.1) is 22.4 Å². The van der Waals surface area contributed by atoms with Crippen molar-refractivity contribution in [2.24, 2.45) is 0 Å². The highest BCUT2D eigenvalue weighted by molar-refractivity contribution is 8.00. The standard InChI is InChI=1S/C29H36N4O2S/c1-7-15-30-23(34)17-32-24(35)18-36-26(21-10-8-9-20(3)16-21)25-27(29(4,5)6)31-33(28(25)32)22-13-11-19(2)12-14-22/h8-14,16,26H,7,15,17-18H2,1-6H3,(H,30,34)/t26-/m0/s1. The van der Waals surface area contributed by atoms with Gasteiger partial charge in [-0.05, 0) is 38.0 Å². The Kier molecular flexibility index (Phi) is 7.59. The Bertz CT molecular complexity index is 1260. The molecule has 0 fully saturated rings. The van der Waals surface area contributed by atoms with Crippen LogP contribution in [0.5, 0.6) is 0 Å². The molecule has 1 atom stereocenters. The Morgan fingerprint density at radius 2 is 1.83 bits per heavy atom. The molecule has 0 aliphatic carbocycles. The third-order valence-corrected chi connectivity index (χ3v) is 7.55. The molecule has 1 N–H and O–H groups in total. The smallest absolute Gasteiger partial charge is 0.240 e. The minimum absolute atomic E-state index is 0.0337. The second-order valence-electron chi connectivity index (χ2n) is 10.5. The fourth-order valence-corrected chi connectivity index (χ4v) is 5.69. The Hall–Kier alpha value is -3.06. The number of nitrogens with zero attached hydrogens (tertiary/aromatic N) is 3. The number of amides is 2. The van der Waals surface area contributed by atoms with Crippen molar-refractivity contribution >= 4 is 29.4 Å². The van der Waals surface area contributed by atoms with Gasteiger partial charge in [0.15, 0.2) is 0 Å². The molecule has 7 heteroatoms.